The first kappa shape index (κ1) is 31.3. The maximum absolute atomic E-state index is 16.0. The molecule has 47 heavy (non-hydrogen) atoms. The number of nitriles is 1. The molecule has 1 saturated carbocycles. The van der Waals surface area contributed by atoms with E-state index in [-0.39, 0.29) is 30.2 Å². The zero-order chi connectivity index (χ0) is 33.6. The average Bonchev–Trinajstić information content (AvgIpc) is 3.52. The first-order valence-electron chi connectivity index (χ1n) is 15.3. The van der Waals surface area contributed by atoms with Gasteiger partial charge in [-0.15, -0.1) is 0 Å². The van der Waals surface area contributed by atoms with Gasteiger partial charge < -0.3 is 14.2 Å². The summed E-state index contributed by atoms with van der Waals surface area (Å²) in [6.45, 7) is 4.18. The third-order valence-corrected chi connectivity index (χ3v) is 11.2. The molecule has 1 fully saturated rings. The Balaban J connectivity index is 1.30. The largest absolute Gasteiger partial charge is 0.434 e. The lowest BCUT2D eigenvalue weighted by molar-refractivity contribution is -0.0507. The summed E-state index contributed by atoms with van der Waals surface area (Å²) in [7, 11) is 0.145. The SMILES string of the molecule is CN1C(=O)c2cccc(OC(F)F)c2[C@H]2C[C@@H]1c1nc3ccc(-c4cnc(C5(NS(=O)C(C)(C)C)CC(C)(C#N)C5)c(F)c4)cc3n12. The number of aromatic nitrogens is 3. The standard InChI is InChI=1S/C34H33F3N6O3S/c1-32(2,3)47(45)41-34(15-33(4,16-34)17-38)28-21(35)11-19(14-39-28)18-9-10-22-23(12-18)43-24-13-25(29(43)40-22)42(5)30(44)20-7-6-8-26(27(20)24)46-31(36)37/h6-12,14,24-25,31,41H,13,15-16H2,1-5H3/t24-,25-,33?,34?,47?/m1/s1. The Kier molecular flexibility index (Phi) is 7.08. The highest BCUT2D eigenvalue weighted by atomic mass is 32.2. The number of rotatable bonds is 6. The van der Waals surface area contributed by atoms with Crippen molar-refractivity contribution in [3.8, 4) is 22.9 Å². The van der Waals surface area contributed by atoms with Gasteiger partial charge in [0.2, 0.25) is 0 Å². The number of carbonyl (C=O) groups excluding carboxylic acids is 1. The zero-order valence-electron chi connectivity index (χ0n) is 26.5. The van der Waals surface area contributed by atoms with Crippen molar-refractivity contribution < 1.29 is 26.9 Å². The second-order valence-corrected chi connectivity index (χ2v) is 15.9. The van der Waals surface area contributed by atoms with Gasteiger partial charge in [-0.05, 0) is 76.4 Å². The smallest absolute Gasteiger partial charge is 0.387 e. The van der Waals surface area contributed by atoms with Gasteiger partial charge in [-0.2, -0.15) is 14.0 Å². The second kappa shape index (κ2) is 10.6. The molecule has 1 N–H and O–H groups in total. The van der Waals surface area contributed by atoms with Crippen LogP contribution in [0.5, 0.6) is 5.75 Å². The number of ether oxygens (including phenoxy) is 1. The van der Waals surface area contributed by atoms with Crippen LogP contribution in [0, 0.1) is 22.6 Å². The molecule has 1 amide bonds. The number of nitrogens with one attached hydrogen (secondary N) is 1. The highest BCUT2D eigenvalue weighted by Crippen LogP contribution is 2.54. The van der Waals surface area contributed by atoms with Crippen LogP contribution in [0.25, 0.3) is 22.2 Å². The van der Waals surface area contributed by atoms with Gasteiger partial charge in [0.05, 0.1) is 61.6 Å². The number of amides is 1. The van der Waals surface area contributed by atoms with Crippen molar-refractivity contribution >= 4 is 27.9 Å². The van der Waals surface area contributed by atoms with Crippen molar-refractivity contribution in [3.05, 3.63) is 77.1 Å². The van der Waals surface area contributed by atoms with Gasteiger partial charge in [-0.25, -0.2) is 18.3 Å². The molecule has 1 aliphatic carbocycles. The van der Waals surface area contributed by atoms with Crippen molar-refractivity contribution in [2.75, 3.05) is 7.05 Å². The van der Waals surface area contributed by atoms with E-state index in [2.05, 4.69) is 15.8 Å². The van der Waals surface area contributed by atoms with Gasteiger partial charge in [0, 0.05) is 36.4 Å². The normalized spacial score (nSPS) is 25.6. The summed E-state index contributed by atoms with van der Waals surface area (Å²) in [4.78, 5) is 24.4. The Bertz CT molecular complexity index is 2030. The molecule has 0 saturated heterocycles. The number of alkyl halides is 2. The second-order valence-electron chi connectivity index (χ2n) is 14.0. The summed E-state index contributed by atoms with van der Waals surface area (Å²) in [5, 5.41) is 9.69. The molecule has 9 nitrogen and oxygen atoms in total. The van der Waals surface area contributed by atoms with E-state index in [1.807, 2.05) is 31.4 Å². The lowest BCUT2D eigenvalue weighted by Crippen LogP contribution is -2.59. The molecule has 2 aliphatic heterocycles. The molecule has 2 aromatic carbocycles. The molecule has 3 aliphatic rings. The number of hydrogen-bond donors (Lipinski definition) is 1. The Hall–Kier alpha value is -4.28. The predicted molar refractivity (Wildman–Crippen MR) is 169 cm³/mol. The van der Waals surface area contributed by atoms with Gasteiger partial charge in [-0.1, -0.05) is 12.1 Å². The molecule has 3 atom stereocenters. The Morgan fingerprint density at radius 1 is 1.15 bits per heavy atom. The van der Waals surface area contributed by atoms with Crippen molar-refractivity contribution in [2.24, 2.45) is 5.41 Å². The summed E-state index contributed by atoms with van der Waals surface area (Å²) in [6.07, 6.45) is 2.51. The number of imidazole rings is 1. The molecule has 7 rings (SSSR count). The maximum Gasteiger partial charge on any atom is 0.387 e. The van der Waals surface area contributed by atoms with Gasteiger partial charge in [-0.3, -0.25) is 9.78 Å². The van der Waals surface area contributed by atoms with Crippen LogP contribution < -0.4 is 9.46 Å². The van der Waals surface area contributed by atoms with E-state index in [1.54, 1.807) is 43.3 Å². The number of benzene rings is 2. The Morgan fingerprint density at radius 3 is 2.55 bits per heavy atom. The third-order valence-electron chi connectivity index (χ3n) is 9.53. The summed E-state index contributed by atoms with van der Waals surface area (Å²) < 4.78 is 65.4. The lowest BCUT2D eigenvalue weighted by atomic mass is 9.58. The van der Waals surface area contributed by atoms with Gasteiger partial charge in [0.25, 0.3) is 5.91 Å². The fraction of sp³-hybridized carbons (Fsp3) is 0.412. The number of halogens is 3. The first-order chi connectivity index (χ1) is 22.1. The lowest BCUT2D eigenvalue weighted by Gasteiger charge is -2.51. The van der Waals surface area contributed by atoms with Crippen molar-refractivity contribution in [2.45, 2.75) is 75.9 Å². The quantitative estimate of drug-likeness (QED) is 0.251. The number of carbonyl (C=O) groups is 1. The molecular formula is C34H33F3N6O3S. The molecule has 0 spiro atoms. The van der Waals surface area contributed by atoms with E-state index in [0.717, 1.165) is 0 Å². The van der Waals surface area contributed by atoms with Crippen molar-refractivity contribution in [3.63, 3.8) is 0 Å². The number of fused-ring (bicyclic) bond motifs is 9. The van der Waals surface area contributed by atoms with E-state index in [0.29, 0.717) is 45.5 Å². The number of pyridine rings is 1. The Labute approximate surface area is 272 Å². The molecule has 4 aromatic rings. The highest BCUT2D eigenvalue weighted by Gasteiger charge is 2.57. The molecular weight excluding hydrogens is 629 g/mol. The van der Waals surface area contributed by atoms with Crippen LogP contribution in [-0.4, -0.2) is 48.0 Å². The van der Waals surface area contributed by atoms with Gasteiger partial charge in [0.1, 0.15) is 17.4 Å². The molecule has 0 radical (unpaired) electrons. The molecule has 244 valence electrons. The fourth-order valence-corrected chi connectivity index (χ4v) is 8.29. The predicted octanol–water partition coefficient (Wildman–Crippen LogP) is 6.53. The van der Waals surface area contributed by atoms with Crippen LogP contribution >= 0.6 is 0 Å². The minimum atomic E-state index is -3.07. The molecule has 13 heteroatoms. The highest BCUT2D eigenvalue weighted by molar-refractivity contribution is 7.84. The van der Waals surface area contributed by atoms with E-state index in [1.165, 1.54) is 18.2 Å². The van der Waals surface area contributed by atoms with Gasteiger partial charge in [0.15, 0.2) is 0 Å². The van der Waals surface area contributed by atoms with Crippen LogP contribution in [0.2, 0.25) is 0 Å². The van der Waals surface area contributed by atoms with Crippen molar-refractivity contribution in [1.82, 2.24) is 24.2 Å². The molecule has 2 aromatic heterocycles. The van der Waals surface area contributed by atoms with E-state index in [4.69, 9.17) is 9.72 Å². The minimum Gasteiger partial charge on any atom is -0.434 e. The van der Waals surface area contributed by atoms with Crippen molar-refractivity contribution in [1.29, 1.82) is 5.26 Å². The van der Waals surface area contributed by atoms with Crippen LogP contribution in [0.1, 0.15) is 86.5 Å². The van der Waals surface area contributed by atoms with Crippen LogP contribution in [-0.2, 0) is 16.5 Å². The molecule has 2 bridgehead atoms. The van der Waals surface area contributed by atoms with Crippen LogP contribution in [0.15, 0.2) is 48.7 Å². The van der Waals surface area contributed by atoms with Gasteiger partial charge >= 0.3 is 6.61 Å². The number of hydrogen-bond acceptors (Lipinski definition) is 6. The summed E-state index contributed by atoms with van der Waals surface area (Å²) in [6, 6.07) is 12.8. The number of nitrogens with zero attached hydrogens (tertiary/aromatic N) is 5. The summed E-state index contributed by atoms with van der Waals surface area (Å²) in [5.74, 6) is -0.320. The Morgan fingerprint density at radius 2 is 1.89 bits per heavy atom. The average molecular weight is 663 g/mol. The van der Waals surface area contributed by atoms with Crippen LogP contribution in [0.3, 0.4) is 0 Å². The molecule has 1 unspecified atom stereocenters. The summed E-state index contributed by atoms with van der Waals surface area (Å²) in [5.41, 5.74) is 1.48. The first-order valence-corrected chi connectivity index (χ1v) is 16.4. The monoisotopic (exact) mass is 662 g/mol. The molecule has 4 heterocycles. The third kappa shape index (κ3) is 4.92. The van der Waals surface area contributed by atoms with E-state index < -0.39 is 51.2 Å². The zero-order valence-corrected chi connectivity index (χ0v) is 27.3. The maximum atomic E-state index is 16.0. The van der Waals surface area contributed by atoms with E-state index in [9.17, 15) is 23.0 Å². The minimum absolute atomic E-state index is 0.0592. The van der Waals surface area contributed by atoms with E-state index >= 15 is 4.39 Å². The topological polar surface area (TPSA) is 113 Å². The van der Waals surface area contributed by atoms with Crippen LogP contribution in [0.4, 0.5) is 13.2 Å². The fourth-order valence-electron chi connectivity index (χ4n) is 7.38. The summed E-state index contributed by atoms with van der Waals surface area (Å²) >= 11 is 0.